The predicted octanol–water partition coefficient (Wildman–Crippen LogP) is 1.68. The molecule has 1 aliphatic rings. The molecule has 7 heteroatoms. The van der Waals surface area contributed by atoms with Crippen LogP contribution in [0.5, 0.6) is 5.75 Å². The Hall–Kier alpha value is -2.90. The number of carbonyl (C=O) groups is 2. The third-order valence-corrected chi connectivity index (χ3v) is 5.38. The third kappa shape index (κ3) is 7.70. The number of likely N-dealkylation sites (N-methyl/N-ethyl adjacent to an activating group) is 1. The number of nitrogens with zero attached hydrogens (tertiary/aromatic N) is 2. The number of nitrogens with one attached hydrogen (secondary N) is 2. The van der Waals surface area contributed by atoms with Gasteiger partial charge in [-0.05, 0) is 31.2 Å². The first-order valence-corrected chi connectivity index (χ1v) is 10.8. The zero-order chi connectivity index (χ0) is 21.9. The fourth-order valence-corrected chi connectivity index (χ4v) is 3.68. The molecule has 2 N–H and O–H groups in total. The Bertz CT molecular complexity index is 816. The molecule has 1 fully saturated rings. The molecule has 7 nitrogen and oxygen atoms in total. The fourth-order valence-electron chi connectivity index (χ4n) is 3.68. The third-order valence-electron chi connectivity index (χ3n) is 5.38. The van der Waals surface area contributed by atoms with Crippen LogP contribution in [-0.2, 0) is 9.59 Å². The van der Waals surface area contributed by atoms with Crippen LogP contribution in [-0.4, -0.2) is 74.5 Å². The van der Waals surface area contributed by atoms with Gasteiger partial charge >= 0.3 is 0 Å². The molecule has 0 unspecified atom stereocenters. The summed E-state index contributed by atoms with van der Waals surface area (Å²) in [5.41, 5.74) is 1.33. The van der Waals surface area contributed by atoms with Crippen molar-refractivity contribution in [3.63, 3.8) is 0 Å². The summed E-state index contributed by atoms with van der Waals surface area (Å²) in [6.07, 6.45) is 0.865. The van der Waals surface area contributed by atoms with Crippen molar-refractivity contribution in [3.05, 3.63) is 66.2 Å². The van der Waals surface area contributed by atoms with Crippen molar-refractivity contribution in [3.8, 4) is 5.75 Å². The van der Waals surface area contributed by atoms with E-state index in [9.17, 15) is 9.59 Å². The maximum absolute atomic E-state index is 12.0. The van der Waals surface area contributed by atoms with Crippen molar-refractivity contribution < 1.29 is 14.3 Å². The Morgan fingerprint density at radius 1 is 0.968 bits per heavy atom. The highest BCUT2D eigenvalue weighted by atomic mass is 16.5. The van der Waals surface area contributed by atoms with Gasteiger partial charge in [-0.15, -0.1) is 0 Å². The number of ether oxygens (including phenoxy) is 1. The monoisotopic (exact) mass is 424 g/mol. The Labute approximate surface area is 184 Å². The molecule has 1 saturated heterocycles. The van der Waals surface area contributed by atoms with Crippen molar-refractivity contribution >= 4 is 11.8 Å². The number of hydrogen-bond donors (Lipinski definition) is 2. The molecule has 3 rings (SSSR count). The molecule has 0 bridgehead atoms. The molecule has 0 radical (unpaired) electrons. The molecule has 0 spiro atoms. The van der Waals surface area contributed by atoms with Gasteiger partial charge in [0.15, 0.2) is 6.61 Å². The first-order chi connectivity index (χ1) is 15.1. The van der Waals surface area contributed by atoms with E-state index in [0.29, 0.717) is 18.3 Å². The molecular formula is C24H32N4O3. The topological polar surface area (TPSA) is 73.9 Å². The largest absolute Gasteiger partial charge is 0.484 e. The highest BCUT2D eigenvalue weighted by Crippen LogP contribution is 2.24. The van der Waals surface area contributed by atoms with E-state index in [-0.39, 0.29) is 25.0 Å². The van der Waals surface area contributed by atoms with E-state index in [0.717, 1.165) is 32.6 Å². The van der Waals surface area contributed by atoms with Gasteiger partial charge in [-0.25, -0.2) is 0 Å². The lowest BCUT2D eigenvalue weighted by molar-refractivity contribution is -0.127. The smallest absolute Gasteiger partial charge is 0.258 e. The van der Waals surface area contributed by atoms with Crippen LogP contribution in [0.25, 0.3) is 0 Å². The maximum Gasteiger partial charge on any atom is 0.258 e. The summed E-state index contributed by atoms with van der Waals surface area (Å²) < 4.78 is 5.37. The average molecular weight is 425 g/mol. The van der Waals surface area contributed by atoms with Crippen LogP contribution >= 0.6 is 0 Å². The number of benzene rings is 2. The second kappa shape index (κ2) is 12.1. The van der Waals surface area contributed by atoms with E-state index in [1.807, 2.05) is 24.3 Å². The molecule has 1 aliphatic heterocycles. The van der Waals surface area contributed by atoms with Crippen LogP contribution < -0.4 is 15.4 Å². The molecule has 2 aromatic rings. The molecule has 166 valence electrons. The van der Waals surface area contributed by atoms with Gasteiger partial charge in [-0.3, -0.25) is 14.5 Å². The predicted molar refractivity (Wildman–Crippen MR) is 121 cm³/mol. The summed E-state index contributed by atoms with van der Waals surface area (Å²) >= 11 is 0. The number of hydrogen-bond acceptors (Lipinski definition) is 5. The minimum Gasteiger partial charge on any atom is -0.484 e. The van der Waals surface area contributed by atoms with Crippen LogP contribution in [0.1, 0.15) is 18.0 Å². The summed E-state index contributed by atoms with van der Waals surface area (Å²) in [6.45, 7) is 4.43. The minimum absolute atomic E-state index is 0.0435. The SMILES string of the molecule is CN1CCN(CCCNC(=O)CNC(=O)COc2ccccc2)[C@H](c2ccccc2)C1. The summed E-state index contributed by atoms with van der Waals surface area (Å²) in [4.78, 5) is 28.7. The molecule has 1 atom stereocenters. The average Bonchev–Trinajstić information content (AvgIpc) is 2.81. The highest BCUT2D eigenvalue weighted by Gasteiger charge is 2.25. The summed E-state index contributed by atoms with van der Waals surface area (Å²) in [7, 11) is 2.16. The van der Waals surface area contributed by atoms with E-state index in [2.05, 4.69) is 51.7 Å². The molecule has 31 heavy (non-hydrogen) atoms. The molecule has 2 amide bonds. The van der Waals surface area contributed by atoms with Crippen LogP contribution in [0, 0.1) is 0 Å². The van der Waals surface area contributed by atoms with Gasteiger partial charge in [0.1, 0.15) is 5.75 Å². The highest BCUT2D eigenvalue weighted by molar-refractivity contribution is 5.85. The lowest BCUT2D eigenvalue weighted by atomic mass is 10.0. The number of piperazine rings is 1. The number of amides is 2. The molecular weight excluding hydrogens is 392 g/mol. The van der Waals surface area contributed by atoms with Gasteiger partial charge in [0.25, 0.3) is 5.91 Å². The molecule has 0 aromatic heterocycles. The van der Waals surface area contributed by atoms with Crippen molar-refractivity contribution in [1.29, 1.82) is 0 Å². The van der Waals surface area contributed by atoms with E-state index >= 15 is 0 Å². The Morgan fingerprint density at radius 2 is 1.68 bits per heavy atom. The molecule has 2 aromatic carbocycles. The van der Waals surface area contributed by atoms with Crippen LogP contribution in [0.3, 0.4) is 0 Å². The van der Waals surface area contributed by atoms with Crippen LogP contribution in [0.15, 0.2) is 60.7 Å². The molecule has 0 saturated carbocycles. The minimum atomic E-state index is -0.317. The Balaban J connectivity index is 1.32. The second-order valence-corrected chi connectivity index (χ2v) is 7.81. The van der Waals surface area contributed by atoms with E-state index in [1.54, 1.807) is 12.1 Å². The van der Waals surface area contributed by atoms with Crippen molar-refractivity contribution in [2.24, 2.45) is 0 Å². The number of rotatable bonds is 10. The van der Waals surface area contributed by atoms with E-state index in [1.165, 1.54) is 5.56 Å². The zero-order valence-corrected chi connectivity index (χ0v) is 18.1. The van der Waals surface area contributed by atoms with E-state index in [4.69, 9.17) is 4.74 Å². The van der Waals surface area contributed by atoms with Gasteiger partial charge in [-0.2, -0.15) is 0 Å². The van der Waals surface area contributed by atoms with E-state index < -0.39 is 0 Å². The summed E-state index contributed by atoms with van der Waals surface area (Å²) in [6, 6.07) is 20.1. The second-order valence-electron chi connectivity index (χ2n) is 7.81. The molecule has 0 aliphatic carbocycles. The zero-order valence-electron chi connectivity index (χ0n) is 18.1. The first-order valence-electron chi connectivity index (χ1n) is 10.8. The maximum atomic E-state index is 12.0. The number of carbonyl (C=O) groups excluding carboxylic acids is 2. The van der Waals surface area contributed by atoms with Crippen molar-refractivity contribution in [2.45, 2.75) is 12.5 Å². The standard InChI is InChI=1S/C24H32N4O3/c1-27-15-16-28(22(18-27)20-9-4-2-5-10-20)14-8-13-25-23(29)17-26-24(30)19-31-21-11-6-3-7-12-21/h2-7,9-12,22H,8,13-19H2,1H3,(H,25,29)(H,26,30)/t22-/m0/s1. The van der Waals surface area contributed by atoms with Gasteiger partial charge < -0.3 is 20.3 Å². The van der Waals surface area contributed by atoms with Crippen LogP contribution in [0.2, 0.25) is 0 Å². The Kier molecular flexibility index (Phi) is 8.87. The lowest BCUT2D eigenvalue weighted by Crippen LogP contribution is -2.47. The fraction of sp³-hybridized carbons (Fsp3) is 0.417. The normalized spacial score (nSPS) is 17.1. The number of para-hydroxylation sites is 1. The van der Waals surface area contributed by atoms with Crippen molar-refractivity contribution in [2.75, 3.05) is 52.9 Å². The van der Waals surface area contributed by atoms with Gasteiger partial charge in [0, 0.05) is 38.8 Å². The van der Waals surface area contributed by atoms with Crippen LogP contribution in [0.4, 0.5) is 0 Å². The van der Waals surface area contributed by atoms with Crippen molar-refractivity contribution in [1.82, 2.24) is 20.4 Å². The summed E-state index contributed by atoms with van der Waals surface area (Å²) in [5.74, 6) is 0.119. The lowest BCUT2D eigenvalue weighted by Gasteiger charge is -2.40. The van der Waals surface area contributed by atoms with Gasteiger partial charge in [0.2, 0.25) is 5.91 Å². The van der Waals surface area contributed by atoms with Gasteiger partial charge in [-0.1, -0.05) is 48.5 Å². The van der Waals surface area contributed by atoms with Gasteiger partial charge in [0.05, 0.1) is 6.54 Å². The first kappa shape index (κ1) is 22.8. The molecule has 1 heterocycles. The quantitative estimate of drug-likeness (QED) is 0.568. The summed E-state index contributed by atoms with van der Waals surface area (Å²) in [5, 5.41) is 5.47. The Morgan fingerprint density at radius 3 is 2.42 bits per heavy atom.